The molecule has 32 heavy (non-hydrogen) atoms. The SMILES string of the molecule is COc1c(N2CCC(C3(N)CC(F)C3)C2)c(F)cc2c(=O)c(C(=O)O)cn([C@@H]3C[C@H]3F)c12. The first kappa shape index (κ1) is 21.1. The number of aromatic nitrogens is 1. The molecule has 1 aromatic carbocycles. The molecule has 2 saturated carbocycles. The van der Waals surface area contributed by atoms with E-state index in [1.54, 1.807) is 4.90 Å². The molecule has 3 fully saturated rings. The van der Waals surface area contributed by atoms with Gasteiger partial charge in [0.05, 0.1) is 24.1 Å². The van der Waals surface area contributed by atoms with Crippen LogP contribution in [-0.4, -0.2) is 53.7 Å². The summed E-state index contributed by atoms with van der Waals surface area (Å²) in [4.78, 5) is 26.1. The quantitative estimate of drug-likeness (QED) is 0.726. The third-order valence-corrected chi connectivity index (χ3v) is 7.19. The lowest BCUT2D eigenvalue weighted by Crippen LogP contribution is -2.58. The van der Waals surface area contributed by atoms with Gasteiger partial charge in [0.2, 0.25) is 5.43 Å². The number of rotatable bonds is 5. The number of alkyl halides is 2. The molecule has 10 heteroatoms. The van der Waals surface area contributed by atoms with Crippen molar-refractivity contribution >= 4 is 22.6 Å². The molecular weight excluding hydrogens is 427 g/mol. The van der Waals surface area contributed by atoms with Crippen molar-refractivity contribution in [3.8, 4) is 5.75 Å². The van der Waals surface area contributed by atoms with Gasteiger partial charge in [0.25, 0.3) is 0 Å². The molecule has 0 bridgehead atoms. The zero-order chi connectivity index (χ0) is 22.9. The minimum atomic E-state index is -1.47. The molecule has 5 rings (SSSR count). The normalized spacial score (nSPS) is 31.6. The van der Waals surface area contributed by atoms with Gasteiger partial charge in [-0.25, -0.2) is 18.0 Å². The third kappa shape index (κ3) is 3.07. The molecule has 0 amide bonds. The van der Waals surface area contributed by atoms with Crippen LogP contribution in [-0.2, 0) is 0 Å². The van der Waals surface area contributed by atoms with E-state index in [1.807, 2.05) is 0 Å². The maximum atomic E-state index is 15.4. The van der Waals surface area contributed by atoms with Crippen molar-refractivity contribution in [3.63, 3.8) is 0 Å². The highest BCUT2D eigenvalue weighted by atomic mass is 19.1. The molecule has 3 N–H and O–H groups in total. The van der Waals surface area contributed by atoms with Crippen molar-refractivity contribution in [2.45, 2.75) is 49.6 Å². The van der Waals surface area contributed by atoms with Gasteiger partial charge in [-0.15, -0.1) is 0 Å². The molecule has 1 aromatic heterocycles. The van der Waals surface area contributed by atoms with Gasteiger partial charge in [-0.1, -0.05) is 0 Å². The first-order valence-electron chi connectivity index (χ1n) is 10.6. The lowest BCUT2D eigenvalue weighted by atomic mass is 9.67. The highest BCUT2D eigenvalue weighted by molar-refractivity contribution is 5.97. The number of fused-ring (bicyclic) bond motifs is 1. The van der Waals surface area contributed by atoms with Crippen LogP contribution in [0.2, 0.25) is 0 Å². The van der Waals surface area contributed by atoms with Crippen LogP contribution in [0, 0.1) is 11.7 Å². The number of hydrogen-bond acceptors (Lipinski definition) is 5. The lowest BCUT2D eigenvalue weighted by molar-refractivity contribution is 0.0581. The Kier molecular flexibility index (Phi) is 4.70. The number of carboxylic acids is 1. The van der Waals surface area contributed by atoms with Crippen molar-refractivity contribution in [3.05, 3.63) is 33.9 Å². The molecular formula is C22H24F3N3O4. The maximum Gasteiger partial charge on any atom is 0.341 e. The number of pyridine rings is 1. The summed E-state index contributed by atoms with van der Waals surface area (Å²) in [5.74, 6) is -2.18. The van der Waals surface area contributed by atoms with E-state index in [1.165, 1.54) is 11.7 Å². The Morgan fingerprint density at radius 2 is 2.03 bits per heavy atom. The van der Waals surface area contributed by atoms with Gasteiger partial charge >= 0.3 is 5.97 Å². The molecule has 172 valence electrons. The van der Waals surface area contributed by atoms with Crippen molar-refractivity contribution in [2.75, 3.05) is 25.1 Å². The van der Waals surface area contributed by atoms with E-state index >= 15 is 4.39 Å². The minimum Gasteiger partial charge on any atom is -0.492 e. The molecule has 3 atom stereocenters. The van der Waals surface area contributed by atoms with Crippen molar-refractivity contribution < 1.29 is 27.8 Å². The number of carbonyl (C=O) groups is 1. The molecule has 1 unspecified atom stereocenters. The molecule has 2 heterocycles. The summed E-state index contributed by atoms with van der Waals surface area (Å²) in [5, 5.41) is 9.24. The fourth-order valence-corrected chi connectivity index (χ4v) is 5.32. The number of anilines is 1. The Labute approximate surface area is 181 Å². The Balaban J connectivity index is 1.65. The summed E-state index contributed by atoms with van der Waals surface area (Å²) in [5.41, 5.74) is 4.61. The van der Waals surface area contributed by atoms with E-state index in [0.29, 0.717) is 19.5 Å². The van der Waals surface area contributed by atoms with E-state index in [0.717, 1.165) is 12.3 Å². The Morgan fingerprint density at radius 1 is 1.34 bits per heavy atom. The molecule has 7 nitrogen and oxygen atoms in total. The zero-order valence-electron chi connectivity index (χ0n) is 17.5. The summed E-state index contributed by atoms with van der Waals surface area (Å²) in [6.07, 6.45) is 0.383. The van der Waals surface area contributed by atoms with Crippen LogP contribution in [0.15, 0.2) is 17.1 Å². The molecule has 0 radical (unpaired) electrons. The average Bonchev–Trinajstić information content (AvgIpc) is 3.23. The Morgan fingerprint density at radius 3 is 2.59 bits per heavy atom. The van der Waals surface area contributed by atoms with Gasteiger partial charge in [0.15, 0.2) is 11.6 Å². The van der Waals surface area contributed by atoms with Gasteiger partial charge in [0.1, 0.15) is 23.6 Å². The first-order valence-corrected chi connectivity index (χ1v) is 10.6. The molecule has 1 aliphatic heterocycles. The standard InChI is InChI=1S/C22H24F3N3O4/c1-32-20-17-12(19(29)13(21(30)31)9-28(17)16-5-14(16)24)4-15(25)18(20)27-3-2-10(8-27)22(26)6-11(23)7-22/h4,9-11,14,16H,2-3,5-8,26H2,1H3,(H,30,31)/t10?,11?,14-,16-,22?/m1/s1. The number of methoxy groups -OCH3 is 1. The number of halogens is 3. The smallest absolute Gasteiger partial charge is 0.341 e. The molecule has 0 spiro atoms. The largest absolute Gasteiger partial charge is 0.492 e. The fourth-order valence-electron chi connectivity index (χ4n) is 5.32. The van der Waals surface area contributed by atoms with E-state index in [9.17, 15) is 23.5 Å². The lowest BCUT2D eigenvalue weighted by Gasteiger charge is -2.45. The maximum absolute atomic E-state index is 15.4. The molecule has 2 aromatic rings. The second-order valence-electron chi connectivity index (χ2n) is 9.21. The van der Waals surface area contributed by atoms with Gasteiger partial charge in [-0.2, -0.15) is 0 Å². The second kappa shape index (κ2) is 7.13. The predicted octanol–water partition coefficient (Wildman–Crippen LogP) is 2.79. The van der Waals surface area contributed by atoms with Crippen LogP contribution >= 0.6 is 0 Å². The summed E-state index contributed by atoms with van der Waals surface area (Å²) in [6, 6.07) is 0.346. The number of aromatic carboxylic acids is 1. The molecule has 1 saturated heterocycles. The number of hydrogen-bond donors (Lipinski definition) is 2. The van der Waals surface area contributed by atoms with Crippen LogP contribution in [0.3, 0.4) is 0 Å². The van der Waals surface area contributed by atoms with E-state index in [-0.39, 0.29) is 47.5 Å². The summed E-state index contributed by atoms with van der Waals surface area (Å²) < 4.78 is 49.7. The van der Waals surface area contributed by atoms with Crippen LogP contribution in [0.4, 0.5) is 18.9 Å². The first-order chi connectivity index (χ1) is 15.1. The van der Waals surface area contributed by atoms with Crippen molar-refractivity contribution in [2.24, 2.45) is 11.7 Å². The second-order valence-corrected chi connectivity index (χ2v) is 9.21. The third-order valence-electron chi connectivity index (χ3n) is 7.19. The van der Waals surface area contributed by atoms with Gasteiger partial charge in [-0.05, 0) is 31.2 Å². The van der Waals surface area contributed by atoms with Crippen LogP contribution in [0.25, 0.3) is 10.9 Å². The number of nitrogens with zero attached hydrogens (tertiary/aromatic N) is 2. The van der Waals surface area contributed by atoms with Gasteiger partial charge < -0.3 is 25.0 Å². The Hall–Kier alpha value is -2.75. The number of nitrogens with two attached hydrogens (primary N) is 1. The number of benzene rings is 1. The van der Waals surface area contributed by atoms with E-state index < -0.39 is 46.7 Å². The Bertz CT molecular complexity index is 1180. The van der Waals surface area contributed by atoms with E-state index in [2.05, 4.69) is 0 Å². The van der Waals surface area contributed by atoms with Crippen molar-refractivity contribution in [1.29, 1.82) is 0 Å². The minimum absolute atomic E-state index is 0.0236. The van der Waals surface area contributed by atoms with Crippen molar-refractivity contribution in [1.82, 2.24) is 4.57 Å². The number of ether oxygens (including phenoxy) is 1. The molecule has 2 aliphatic carbocycles. The highest BCUT2D eigenvalue weighted by Gasteiger charge is 2.49. The van der Waals surface area contributed by atoms with Crippen LogP contribution in [0.5, 0.6) is 5.75 Å². The van der Waals surface area contributed by atoms with Crippen LogP contribution in [0.1, 0.15) is 42.1 Å². The van der Waals surface area contributed by atoms with Gasteiger partial charge in [0, 0.05) is 31.2 Å². The highest BCUT2D eigenvalue weighted by Crippen LogP contribution is 2.48. The zero-order valence-corrected chi connectivity index (χ0v) is 17.5. The number of carboxylic acid groups (broad SMARTS) is 1. The van der Waals surface area contributed by atoms with E-state index in [4.69, 9.17) is 10.5 Å². The summed E-state index contributed by atoms with van der Waals surface area (Å²) >= 11 is 0. The van der Waals surface area contributed by atoms with Gasteiger partial charge in [-0.3, -0.25) is 4.79 Å². The average molecular weight is 451 g/mol. The summed E-state index contributed by atoms with van der Waals surface area (Å²) in [7, 11) is 1.33. The monoisotopic (exact) mass is 451 g/mol. The fraction of sp³-hybridized carbons (Fsp3) is 0.545. The summed E-state index contributed by atoms with van der Waals surface area (Å²) in [6.45, 7) is 0.862. The molecule has 3 aliphatic rings. The topological polar surface area (TPSA) is 97.8 Å². The predicted molar refractivity (Wildman–Crippen MR) is 112 cm³/mol. The van der Waals surface area contributed by atoms with Crippen LogP contribution < -0.4 is 20.8 Å².